The monoisotopic (exact) mass is 523 g/mol. The molecule has 0 bridgehead atoms. The molecule has 1 aliphatic heterocycles. The molecule has 0 aliphatic carbocycles. The SMILES string of the molecule is NC(=O)[C@](Br)(CN1CCC(c2ccncc2)[C@H](Br)C1)C(C(=O)O)c1ccccc1. The van der Waals surface area contributed by atoms with Crippen molar-refractivity contribution in [2.45, 2.75) is 27.4 Å². The van der Waals surface area contributed by atoms with Gasteiger partial charge in [-0.3, -0.25) is 14.6 Å². The van der Waals surface area contributed by atoms with Crippen molar-refractivity contribution >= 4 is 43.7 Å². The van der Waals surface area contributed by atoms with Crippen molar-refractivity contribution in [3.63, 3.8) is 0 Å². The molecule has 8 heteroatoms. The van der Waals surface area contributed by atoms with Crippen LogP contribution >= 0.6 is 31.9 Å². The molecule has 2 heterocycles. The second-order valence-corrected chi connectivity index (χ2v) is 9.93. The van der Waals surface area contributed by atoms with Gasteiger partial charge in [-0.05, 0) is 42.1 Å². The number of benzene rings is 1. The number of nitrogens with zero attached hydrogens (tertiary/aromatic N) is 2. The van der Waals surface area contributed by atoms with Crippen LogP contribution in [0.4, 0.5) is 0 Å². The highest BCUT2D eigenvalue weighted by Crippen LogP contribution is 2.39. The van der Waals surface area contributed by atoms with Crippen LogP contribution in [-0.4, -0.2) is 55.7 Å². The Balaban J connectivity index is 1.80. The number of carbonyl (C=O) groups is 2. The lowest BCUT2D eigenvalue weighted by atomic mass is 9.83. The number of alkyl halides is 2. The minimum absolute atomic E-state index is 0.170. The summed E-state index contributed by atoms with van der Waals surface area (Å²) < 4.78 is -1.42. The van der Waals surface area contributed by atoms with Crippen molar-refractivity contribution in [2.24, 2.45) is 5.73 Å². The van der Waals surface area contributed by atoms with E-state index in [9.17, 15) is 14.7 Å². The molecule has 2 aromatic rings. The molecular formula is C21H23Br2N3O3. The Bertz CT molecular complexity index is 853. The average Bonchev–Trinajstić information content (AvgIpc) is 2.69. The number of carboxylic acid groups (broad SMARTS) is 1. The Kier molecular flexibility index (Phi) is 7.08. The molecule has 0 spiro atoms. The average molecular weight is 525 g/mol. The van der Waals surface area contributed by atoms with E-state index in [-0.39, 0.29) is 11.4 Å². The standard InChI is InChI=1S/C21H23Br2N3O3/c22-17-12-26(11-8-16(17)14-6-9-25-10-7-14)13-21(23,20(24)29)18(19(27)28)15-4-2-1-3-5-15/h1-7,9-10,16-18H,8,11-13H2,(H2,24,29)(H,27,28)/t16?,17-,18?,21+/m1/s1. The second-order valence-electron chi connectivity index (χ2n) is 7.34. The van der Waals surface area contributed by atoms with Crippen molar-refractivity contribution < 1.29 is 14.7 Å². The number of rotatable bonds is 7. The Morgan fingerprint density at radius 3 is 2.45 bits per heavy atom. The van der Waals surface area contributed by atoms with E-state index in [0.29, 0.717) is 18.0 Å². The first-order chi connectivity index (χ1) is 13.8. The minimum atomic E-state index is -1.42. The van der Waals surface area contributed by atoms with Crippen LogP contribution in [0.3, 0.4) is 0 Å². The molecule has 3 rings (SSSR count). The van der Waals surface area contributed by atoms with Crippen LogP contribution < -0.4 is 5.73 Å². The lowest BCUT2D eigenvalue weighted by Gasteiger charge is -2.41. The first-order valence-corrected chi connectivity index (χ1v) is 11.1. The molecule has 1 aliphatic rings. The summed E-state index contributed by atoms with van der Waals surface area (Å²) in [7, 11) is 0. The summed E-state index contributed by atoms with van der Waals surface area (Å²) >= 11 is 7.23. The van der Waals surface area contributed by atoms with E-state index >= 15 is 0 Å². The molecule has 1 saturated heterocycles. The zero-order chi connectivity index (χ0) is 21.0. The number of piperidine rings is 1. The van der Waals surface area contributed by atoms with Gasteiger partial charge in [-0.15, -0.1) is 0 Å². The molecule has 6 nitrogen and oxygen atoms in total. The molecule has 1 amide bonds. The summed E-state index contributed by atoms with van der Waals surface area (Å²) in [5, 5.41) is 9.91. The lowest BCUT2D eigenvalue weighted by molar-refractivity contribution is -0.142. The number of pyridine rings is 1. The zero-order valence-corrected chi connectivity index (χ0v) is 18.9. The third-order valence-electron chi connectivity index (χ3n) is 5.46. The van der Waals surface area contributed by atoms with Crippen molar-refractivity contribution in [1.82, 2.24) is 9.88 Å². The van der Waals surface area contributed by atoms with Crippen LogP contribution in [0.15, 0.2) is 54.9 Å². The van der Waals surface area contributed by atoms with Gasteiger partial charge in [0, 0.05) is 30.3 Å². The van der Waals surface area contributed by atoms with Gasteiger partial charge in [0.2, 0.25) is 5.91 Å². The molecule has 1 aromatic carbocycles. The van der Waals surface area contributed by atoms with Crippen LogP contribution in [0, 0.1) is 0 Å². The van der Waals surface area contributed by atoms with Crippen LogP contribution in [0.5, 0.6) is 0 Å². The summed E-state index contributed by atoms with van der Waals surface area (Å²) in [5.74, 6) is -2.53. The topological polar surface area (TPSA) is 96.5 Å². The predicted molar refractivity (Wildman–Crippen MR) is 118 cm³/mol. The Hall–Kier alpha value is -1.77. The minimum Gasteiger partial charge on any atom is -0.481 e. The van der Waals surface area contributed by atoms with Gasteiger partial charge in [-0.1, -0.05) is 62.2 Å². The fraction of sp³-hybridized carbons (Fsp3) is 0.381. The van der Waals surface area contributed by atoms with Crippen LogP contribution in [0.1, 0.15) is 29.4 Å². The van der Waals surface area contributed by atoms with Crippen LogP contribution in [-0.2, 0) is 9.59 Å². The summed E-state index contributed by atoms with van der Waals surface area (Å²) in [5.41, 5.74) is 7.48. The van der Waals surface area contributed by atoms with E-state index in [0.717, 1.165) is 13.0 Å². The van der Waals surface area contributed by atoms with Gasteiger partial charge < -0.3 is 15.7 Å². The smallest absolute Gasteiger partial charge is 0.313 e. The Labute approximate surface area is 186 Å². The second kappa shape index (κ2) is 9.36. The van der Waals surface area contributed by atoms with Gasteiger partial charge in [-0.25, -0.2) is 0 Å². The molecule has 1 fully saturated rings. The largest absolute Gasteiger partial charge is 0.481 e. The fourth-order valence-corrected chi connectivity index (χ4v) is 5.78. The zero-order valence-electron chi connectivity index (χ0n) is 15.7. The molecule has 1 aromatic heterocycles. The van der Waals surface area contributed by atoms with Gasteiger partial charge in [-0.2, -0.15) is 0 Å². The molecule has 2 unspecified atom stereocenters. The Morgan fingerprint density at radius 1 is 1.24 bits per heavy atom. The highest BCUT2D eigenvalue weighted by Gasteiger charge is 2.49. The van der Waals surface area contributed by atoms with E-state index in [1.807, 2.05) is 18.2 Å². The fourth-order valence-electron chi connectivity index (χ4n) is 3.98. The summed E-state index contributed by atoms with van der Waals surface area (Å²) in [4.78, 5) is 30.9. The van der Waals surface area contributed by atoms with Gasteiger partial charge in [0.25, 0.3) is 0 Å². The number of likely N-dealkylation sites (tertiary alicyclic amines) is 1. The van der Waals surface area contributed by atoms with Crippen molar-refractivity contribution in [1.29, 1.82) is 0 Å². The summed E-state index contributed by atoms with van der Waals surface area (Å²) in [6.07, 6.45) is 4.45. The quantitative estimate of drug-likeness (QED) is 0.542. The molecule has 3 N–H and O–H groups in total. The third-order valence-corrected chi connectivity index (χ3v) is 7.49. The highest BCUT2D eigenvalue weighted by atomic mass is 79.9. The molecule has 0 radical (unpaired) electrons. The van der Waals surface area contributed by atoms with E-state index in [4.69, 9.17) is 5.73 Å². The van der Waals surface area contributed by atoms with Gasteiger partial charge in [0.15, 0.2) is 0 Å². The van der Waals surface area contributed by atoms with Gasteiger partial charge >= 0.3 is 5.97 Å². The lowest BCUT2D eigenvalue weighted by Crippen LogP contribution is -2.56. The first-order valence-electron chi connectivity index (χ1n) is 9.36. The van der Waals surface area contributed by atoms with Gasteiger partial charge in [0.05, 0.1) is 0 Å². The van der Waals surface area contributed by atoms with Crippen molar-refractivity contribution in [3.05, 3.63) is 66.0 Å². The maximum Gasteiger partial charge on any atom is 0.313 e. The number of nitrogens with two attached hydrogens (primary N) is 1. The van der Waals surface area contributed by atoms with Crippen molar-refractivity contribution in [2.75, 3.05) is 19.6 Å². The van der Waals surface area contributed by atoms with Crippen molar-refractivity contribution in [3.8, 4) is 0 Å². The summed E-state index contributed by atoms with van der Waals surface area (Å²) in [6, 6.07) is 12.8. The van der Waals surface area contributed by atoms with Crippen LogP contribution in [0.2, 0.25) is 0 Å². The normalized spacial score (nSPS) is 23.1. The number of hydrogen-bond acceptors (Lipinski definition) is 4. The maximum absolute atomic E-state index is 12.4. The number of aliphatic carboxylic acids is 1. The molecule has 154 valence electrons. The maximum atomic E-state index is 12.4. The highest BCUT2D eigenvalue weighted by molar-refractivity contribution is 9.10. The number of carboxylic acids is 1. The van der Waals surface area contributed by atoms with Crippen LogP contribution in [0.25, 0.3) is 0 Å². The number of carbonyl (C=O) groups excluding carboxylic acids is 1. The predicted octanol–water partition coefficient (Wildman–Crippen LogP) is 3.12. The van der Waals surface area contributed by atoms with E-state index in [1.54, 1.807) is 36.7 Å². The number of aromatic nitrogens is 1. The first kappa shape index (κ1) is 21.9. The number of amides is 1. The molecule has 0 saturated carbocycles. The summed E-state index contributed by atoms with van der Waals surface area (Å²) in [6.45, 7) is 1.62. The number of primary amides is 1. The number of halogens is 2. The molecule has 4 atom stereocenters. The molecular weight excluding hydrogens is 502 g/mol. The van der Waals surface area contributed by atoms with E-state index < -0.39 is 22.1 Å². The number of hydrogen-bond donors (Lipinski definition) is 2. The van der Waals surface area contributed by atoms with E-state index in [2.05, 4.69) is 41.7 Å². The third kappa shape index (κ3) is 4.87. The van der Waals surface area contributed by atoms with E-state index in [1.165, 1.54) is 5.56 Å². The molecule has 29 heavy (non-hydrogen) atoms. The van der Waals surface area contributed by atoms with Gasteiger partial charge in [0.1, 0.15) is 10.2 Å². The Morgan fingerprint density at radius 2 is 1.90 bits per heavy atom.